The van der Waals surface area contributed by atoms with Crippen molar-refractivity contribution in [2.75, 3.05) is 97.0 Å². The quantitative estimate of drug-likeness (QED) is 0.0910. The molecule has 418 valence electrons. The van der Waals surface area contributed by atoms with Gasteiger partial charge < -0.3 is 56.7 Å². The molecular formula is C59H94N14O3. The van der Waals surface area contributed by atoms with Crippen LogP contribution in [0.15, 0.2) is 55.0 Å². The van der Waals surface area contributed by atoms with E-state index in [0.29, 0.717) is 29.4 Å². The second kappa shape index (κ2) is 31.3. The first-order chi connectivity index (χ1) is 35.3. The summed E-state index contributed by atoms with van der Waals surface area (Å²) in [5.74, 6) is 2.69. The Hall–Kier alpha value is -6.82. The molecule has 8 N–H and O–H groups in total. The number of nitrogen functional groups attached to an aromatic ring is 3. The summed E-state index contributed by atoms with van der Waals surface area (Å²) in [5.41, 5.74) is 34.1. The highest BCUT2D eigenvalue weighted by Gasteiger charge is 2.26. The van der Waals surface area contributed by atoms with Crippen LogP contribution in [0, 0.1) is 6.92 Å². The number of nitrogens with zero attached hydrogens (tertiary/aromatic N) is 9. The number of rotatable bonds is 9. The summed E-state index contributed by atoms with van der Waals surface area (Å²) in [6.07, 6.45) is 10.8. The molecule has 76 heavy (non-hydrogen) atoms. The van der Waals surface area contributed by atoms with Gasteiger partial charge in [-0.05, 0) is 130 Å². The molecule has 3 aromatic carbocycles. The van der Waals surface area contributed by atoms with Crippen molar-refractivity contribution >= 4 is 28.8 Å². The number of hydrogen-bond donors (Lipinski definition) is 5. The molecule has 17 heteroatoms. The van der Waals surface area contributed by atoms with Gasteiger partial charge in [-0.3, -0.25) is 0 Å². The number of benzene rings is 3. The minimum absolute atomic E-state index is 0. The number of aryl methyl sites for hydroxylation is 1. The maximum atomic E-state index is 5.81. The summed E-state index contributed by atoms with van der Waals surface area (Å²) in [6.45, 7) is 20.0. The summed E-state index contributed by atoms with van der Waals surface area (Å²) >= 11 is 0. The zero-order valence-corrected chi connectivity index (χ0v) is 46.0. The van der Waals surface area contributed by atoms with Crippen LogP contribution in [-0.4, -0.2) is 120 Å². The summed E-state index contributed by atoms with van der Waals surface area (Å²) < 4.78 is 15.9. The smallest absolute Gasteiger partial charge is 0.257 e. The number of nitrogens with two attached hydrogens (primary N) is 3. The van der Waals surface area contributed by atoms with Gasteiger partial charge in [0, 0.05) is 80.4 Å². The van der Waals surface area contributed by atoms with Crippen molar-refractivity contribution in [1.82, 2.24) is 44.6 Å². The van der Waals surface area contributed by atoms with Crippen molar-refractivity contribution in [3.05, 3.63) is 94.1 Å². The van der Waals surface area contributed by atoms with Crippen LogP contribution in [0.1, 0.15) is 116 Å². The summed E-state index contributed by atoms with van der Waals surface area (Å²) in [7, 11) is 13.2. The maximum Gasteiger partial charge on any atom is 0.257 e. The lowest BCUT2D eigenvalue weighted by Gasteiger charge is -2.28. The van der Waals surface area contributed by atoms with Gasteiger partial charge in [0.15, 0.2) is 11.6 Å². The molecule has 0 radical (unpaired) electrons. The lowest BCUT2D eigenvalue weighted by molar-refractivity contribution is 0.306. The monoisotopic (exact) mass is 1050 g/mol. The van der Waals surface area contributed by atoms with E-state index in [2.05, 4.69) is 107 Å². The maximum absolute atomic E-state index is 5.81. The molecule has 1 fully saturated rings. The summed E-state index contributed by atoms with van der Waals surface area (Å²) in [5, 5.41) is 7.00. The van der Waals surface area contributed by atoms with Crippen molar-refractivity contribution in [1.29, 1.82) is 0 Å². The van der Waals surface area contributed by atoms with Gasteiger partial charge in [0.2, 0.25) is 0 Å². The van der Waals surface area contributed by atoms with Crippen LogP contribution in [0.5, 0.6) is 17.5 Å². The predicted molar refractivity (Wildman–Crippen MR) is 321 cm³/mol. The molecule has 4 aliphatic rings. The topological polar surface area (TPSA) is 217 Å². The fourth-order valence-corrected chi connectivity index (χ4v) is 8.88. The van der Waals surface area contributed by atoms with E-state index in [4.69, 9.17) is 31.4 Å². The Bertz CT molecular complexity index is 2630. The fourth-order valence-electron chi connectivity index (χ4n) is 8.88. The molecule has 1 saturated carbocycles. The Labute approximate surface area is 456 Å². The van der Waals surface area contributed by atoms with Crippen LogP contribution in [0.4, 0.5) is 28.8 Å². The molecule has 3 aromatic heterocycles. The lowest BCUT2D eigenvalue weighted by Crippen LogP contribution is -2.27. The summed E-state index contributed by atoms with van der Waals surface area (Å²) in [6, 6.07) is 13.6. The number of methoxy groups -OCH3 is 3. The van der Waals surface area contributed by atoms with E-state index in [0.717, 1.165) is 109 Å². The molecule has 3 aliphatic heterocycles. The Morgan fingerprint density at radius 3 is 1.30 bits per heavy atom. The third-order valence-corrected chi connectivity index (χ3v) is 12.8. The third kappa shape index (κ3) is 16.3. The molecule has 1 aliphatic carbocycles. The highest BCUT2D eigenvalue weighted by atomic mass is 16.5. The lowest BCUT2D eigenvalue weighted by atomic mass is 9.94. The van der Waals surface area contributed by atoms with Gasteiger partial charge >= 0.3 is 0 Å². The normalized spacial score (nSPS) is 14.0. The van der Waals surface area contributed by atoms with E-state index in [1.807, 2.05) is 61.6 Å². The molecule has 6 heterocycles. The number of anilines is 5. The molecule has 0 unspecified atom stereocenters. The van der Waals surface area contributed by atoms with Crippen molar-refractivity contribution in [3.63, 3.8) is 0 Å². The van der Waals surface area contributed by atoms with E-state index >= 15 is 0 Å². The second-order valence-electron chi connectivity index (χ2n) is 17.8. The Balaban J connectivity index is 0.000000364. The SMILES string of the molecule is C.C.C.CC.CC.CC.CNc1cc(-c2cnc(N)c(OC)n2)cc2c1CCN(C)C2.COc1cc(-c2cnc(N)c(OC)n2)cc2c1CCN(C)C2.Cc1nc(-c2cc3c(c(NC4CC4)c2)CCN(C)C3)cnc1N. The minimum atomic E-state index is 0. The standard InChI is InChI=1S/C18H23N5.C16H21N5O.C16H20N4O2.3C2H6.3CH4/c1-11-18(19)20-9-17(21-11)12-7-13-10-23(2)6-5-15(13)16(8-12)22-14-3-4-14;1-18-13-7-10(6-11-9-21(2)5-4-12(11)13)14-8-19-15(17)16(20-14)22-3;1-20-5-4-12-11(9-20)6-10(7-14(12)21-2)13-8-18-15(17)16(19-13)22-3;3*1-2;;;/h7-9,14,22H,3-6,10H2,1-2H3,(H2,19,20);6-8,18H,4-5,9H2,1-3H3,(H2,17,19);6-8H,4-5,9H2,1-3H3,(H2,17,18);3*1-2H3;3*1H4. The molecule has 0 amide bonds. The second-order valence-corrected chi connectivity index (χ2v) is 17.8. The van der Waals surface area contributed by atoms with Crippen LogP contribution in [0.25, 0.3) is 33.8 Å². The van der Waals surface area contributed by atoms with E-state index in [1.165, 1.54) is 59.0 Å². The number of ether oxygens (including phenoxy) is 3. The molecule has 10 rings (SSSR count). The molecule has 0 spiro atoms. The molecule has 6 aromatic rings. The van der Waals surface area contributed by atoms with Crippen molar-refractivity contribution < 1.29 is 14.2 Å². The van der Waals surface area contributed by atoms with Crippen LogP contribution < -0.4 is 42.0 Å². The number of aromatic nitrogens is 6. The van der Waals surface area contributed by atoms with Gasteiger partial charge in [-0.15, -0.1) is 0 Å². The van der Waals surface area contributed by atoms with E-state index in [1.54, 1.807) is 32.8 Å². The Morgan fingerprint density at radius 2 is 0.895 bits per heavy atom. The van der Waals surface area contributed by atoms with Crippen molar-refractivity contribution in [2.45, 2.75) is 129 Å². The van der Waals surface area contributed by atoms with Crippen LogP contribution in [-0.2, 0) is 38.9 Å². The zero-order valence-electron chi connectivity index (χ0n) is 46.0. The van der Waals surface area contributed by atoms with Crippen molar-refractivity contribution in [2.24, 2.45) is 0 Å². The van der Waals surface area contributed by atoms with E-state index in [9.17, 15) is 0 Å². The first-order valence-corrected chi connectivity index (χ1v) is 25.8. The van der Waals surface area contributed by atoms with Gasteiger partial charge in [0.1, 0.15) is 11.6 Å². The summed E-state index contributed by atoms with van der Waals surface area (Å²) in [4.78, 5) is 33.1. The highest BCUT2D eigenvalue weighted by molar-refractivity contribution is 5.72. The Kier molecular flexibility index (Phi) is 26.9. The van der Waals surface area contributed by atoms with Crippen molar-refractivity contribution in [3.8, 4) is 51.3 Å². The number of likely N-dealkylation sites (N-methyl/N-ethyl adjacent to an activating group) is 3. The largest absolute Gasteiger partial charge is 0.496 e. The average molecular weight is 1050 g/mol. The number of nitrogens with one attached hydrogen (secondary N) is 2. The van der Waals surface area contributed by atoms with Crippen LogP contribution >= 0.6 is 0 Å². The van der Waals surface area contributed by atoms with Gasteiger partial charge in [-0.25, -0.2) is 29.9 Å². The van der Waals surface area contributed by atoms with Crippen LogP contribution in [0.2, 0.25) is 0 Å². The van der Waals surface area contributed by atoms with Gasteiger partial charge in [0.05, 0.1) is 62.7 Å². The first kappa shape index (κ1) is 65.3. The van der Waals surface area contributed by atoms with E-state index < -0.39 is 0 Å². The van der Waals surface area contributed by atoms with Gasteiger partial charge in [-0.1, -0.05) is 63.8 Å². The molecule has 0 atom stereocenters. The average Bonchev–Trinajstić information content (AvgIpc) is 4.25. The fraction of sp³-hybridized carbons (Fsp3) is 0.492. The highest BCUT2D eigenvalue weighted by Crippen LogP contribution is 2.37. The van der Waals surface area contributed by atoms with Crippen LogP contribution in [0.3, 0.4) is 0 Å². The molecule has 0 saturated heterocycles. The van der Waals surface area contributed by atoms with Gasteiger partial charge in [-0.2, -0.15) is 0 Å². The number of fused-ring (bicyclic) bond motifs is 3. The predicted octanol–water partition coefficient (Wildman–Crippen LogP) is 11.1. The Morgan fingerprint density at radius 1 is 0.513 bits per heavy atom. The number of hydrogen-bond acceptors (Lipinski definition) is 17. The van der Waals surface area contributed by atoms with Gasteiger partial charge in [0.25, 0.3) is 11.8 Å². The minimum Gasteiger partial charge on any atom is -0.496 e. The van der Waals surface area contributed by atoms with E-state index in [-0.39, 0.29) is 28.1 Å². The first-order valence-electron chi connectivity index (χ1n) is 25.8. The molecule has 0 bridgehead atoms. The zero-order chi connectivity index (χ0) is 53.4. The molecule has 17 nitrogen and oxygen atoms in total. The third-order valence-electron chi connectivity index (χ3n) is 12.8. The molecular weight excluding hydrogens is 953 g/mol.